The molecule has 2 atom stereocenters. The summed E-state index contributed by atoms with van der Waals surface area (Å²) in [6, 6.07) is 0.242. The fourth-order valence-corrected chi connectivity index (χ4v) is 3.97. The molecule has 1 aromatic heterocycles. The van der Waals surface area contributed by atoms with Crippen LogP contribution in [0.5, 0.6) is 0 Å². The number of aromatic nitrogens is 2. The Labute approximate surface area is 131 Å². The third-order valence-corrected chi connectivity index (χ3v) is 5.10. The Bertz CT molecular complexity index is 494. The first-order chi connectivity index (χ1) is 9.86. The summed E-state index contributed by atoms with van der Waals surface area (Å²) in [4.78, 5) is 15.4. The third-order valence-electron chi connectivity index (χ3n) is 4.38. The summed E-state index contributed by atoms with van der Waals surface area (Å²) in [5.74, 6) is 0.451. The quantitative estimate of drug-likeness (QED) is 0.930. The van der Waals surface area contributed by atoms with Crippen molar-refractivity contribution in [3.63, 3.8) is 0 Å². The molecular formula is C15H26N4OS. The van der Waals surface area contributed by atoms with Gasteiger partial charge in [0.1, 0.15) is 4.88 Å². The number of nitrogens with zero attached hydrogens (tertiary/aromatic N) is 3. The first-order valence-corrected chi connectivity index (χ1v) is 8.43. The maximum absolute atomic E-state index is 12.8. The standard InChI is InChI=1S/C15H26N4OS/c1-15(2,3)13-12(21-18-17-13)14(20)19(4)11-8-6-5-7-10(11)9-16/h10-11H,5-9,16H2,1-4H3. The average molecular weight is 310 g/mol. The van der Waals surface area contributed by atoms with Crippen LogP contribution in [0.2, 0.25) is 0 Å². The van der Waals surface area contributed by atoms with E-state index in [1.807, 2.05) is 11.9 Å². The number of hydrogen-bond acceptors (Lipinski definition) is 5. The average Bonchev–Trinajstić information content (AvgIpc) is 2.95. The van der Waals surface area contributed by atoms with Crippen molar-refractivity contribution in [1.29, 1.82) is 0 Å². The lowest BCUT2D eigenvalue weighted by Gasteiger charge is -2.37. The van der Waals surface area contributed by atoms with Crippen molar-refractivity contribution in [3.8, 4) is 0 Å². The highest BCUT2D eigenvalue weighted by molar-refractivity contribution is 7.08. The highest BCUT2D eigenvalue weighted by Crippen LogP contribution is 2.31. The van der Waals surface area contributed by atoms with E-state index >= 15 is 0 Å². The van der Waals surface area contributed by atoms with Crippen LogP contribution in [0.15, 0.2) is 0 Å². The van der Waals surface area contributed by atoms with Crippen LogP contribution in [0.1, 0.15) is 61.8 Å². The lowest BCUT2D eigenvalue weighted by Crippen LogP contribution is -2.46. The molecule has 2 rings (SSSR count). The van der Waals surface area contributed by atoms with Gasteiger partial charge >= 0.3 is 0 Å². The van der Waals surface area contributed by atoms with Gasteiger partial charge in [-0.3, -0.25) is 4.79 Å². The van der Waals surface area contributed by atoms with E-state index in [0.29, 0.717) is 17.3 Å². The molecule has 1 aliphatic rings. The molecule has 0 aliphatic heterocycles. The fourth-order valence-electron chi connectivity index (χ4n) is 3.11. The molecule has 0 radical (unpaired) electrons. The second-order valence-corrected chi connectivity index (χ2v) is 7.72. The minimum absolute atomic E-state index is 0.0419. The van der Waals surface area contributed by atoms with Gasteiger partial charge in [0.25, 0.3) is 5.91 Å². The summed E-state index contributed by atoms with van der Waals surface area (Å²) < 4.78 is 4.00. The second-order valence-electron chi connectivity index (χ2n) is 6.96. The number of hydrogen-bond donors (Lipinski definition) is 1. The van der Waals surface area contributed by atoms with Crippen molar-refractivity contribution < 1.29 is 4.79 Å². The molecule has 1 saturated carbocycles. The highest BCUT2D eigenvalue weighted by Gasteiger charge is 2.34. The number of amides is 1. The number of nitrogens with two attached hydrogens (primary N) is 1. The second kappa shape index (κ2) is 6.40. The van der Waals surface area contributed by atoms with Gasteiger partial charge in [0.05, 0.1) is 5.69 Å². The zero-order valence-corrected chi connectivity index (χ0v) is 14.2. The molecule has 1 aromatic rings. The van der Waals surface area contributed by atoms with E-state index in [4.69, 9.17) is 5.73 Å². The largest absolute Gasteiger partial charge is 0.338 e. The highest BCUT2D eigenvalue weighted by atomic mass is 32.1. The molecule has 1 amide bonds. The molecule has 0 saturated heterocycles. The Balaban J connectivity index is 2.21. The minimum atomic E-state index is -0.168. The molecule has 6 heteroatoms. The Hall–Kier alpha value is -1.01. The molecule has 21 heavy (non-hydrogen) atoms. The molecule has 0 bridgehead atoms. The van der Waals surface area contributed by atoms with Crippen LogP contribution in [0.3, 0.4) is 0 Å². The van der Waals surface area contributed by atoms with E-state index in [1.54, 1.807) is 0 Å². The van der Waals surface area contributed by atoms with E-state index in [0.717, 1.165) is 18.5 Å². The smallest absolute Gasteiger partial charge is 0.267 e. The Kier molecular flexibility index (Phi) is 4.99. The normalized spacial score (nSPS) is 23.1. The first-order valence-electron chi connectivity index (χ1n) is 7.66. The predicted molar refractivity (Wildman–Crippen MR) is 85.5 cm³/mol. The Morgan fingerprint density at radius 3 is 2.67 bits per heavy atom. The summed E-state index contributed by atoms with van der Waals surface area (Å²) in [7, 11) is 1.90. The van der Waals surface area contributed by atoms with Crippen LogP contribution in [-0.2, 0) is 5.41 Å². The molecule has 1 fully saturated rings. The van der Waals surface area contributed by atoms with Crippen LogP contribution < -0.4 is 5.73 Å². The molecule has 1 heterocycles. The fraction of sp³-hybridized carbons (Fsp3) is 0.800. The van der Waals surface area contributed by atoms with Crippen LogP contribution in [-0.4, -0.2) is 40.0 Å². The van der Waals surface area contributed by atoms with Crippen molar-refractivity contribution >= 4 is 17.4 Å². The summed E-state index contributed by atoms with van der Waals surface area (Å²) in [6.07, 6.45) is 4.55. The molecule has 5 nitrogen and oxygen atoms in total. The first kappa shape index (κ1) is 16.4. The van der Waals surface area contributed by atoms with Gasteiger partial charge in [0, 0.05) is 18.5 Å². The van der Waals surface area contributed by atoms with Crippen molar-refractivity contribution in [3.05, 3.63) is 10.6 Å². The Morgan fingerprint density at radius 2 is 2.05 bits per heavy atom. The van der Waals surface area contributed by atoms with Crippen molar-refractivity contribution in [2.24, 2.45) is 11.7 Å². The lowest BCUT2D eigenvalue weighted by molar-refractivity contribution is 0.0622. The lowest BCUT2D eigenvalue weighted by atomic mass is 9.83. The molecule has 0 spiro atoms. The van der Waals surface area contributed by atoms with Gasteiger partial charge in [-0.1, -0.05) is 38.1 Å². The summed E-state index contributed by atoms with van der Waals surface area (Å²) in [5.41, 5.74) is 6.52. The predicted octanol–water partition coefficient (Wildman–Crippen LogP) is 2.43. The van der Waals surface area contributed by atoms with Crippen molar-refractivity contribution in [1.82, 2.24) is 14.5 Å². The van der Waals surface area contributed by atoms with Gasteiger partial charge in [-0.2, -0.15) is 0 Å². The maximum Gasteiger partial charge on any atom is 0.267 e. The van der Waals surface area contributed by atoms with Gasteiger partial charge in [-0.25, -0.2) is 0 Å². The van der Waals surface area contributed by atoms with Gasteiger partial charge in [-0.15, -0.1) is 5.10 Å². The van der Waals surface area contributed by atoms with Crippen LogP contribution >= 0.6 is 11.5 Å². The molecule has 2 unspecified atom stereocenters. The number of carbonyl (C=O) groups excluding carboxylic acids is 1. The molecule has 118 valence electrons. The van der Waals surface area contributed by atoms with Gasteiger partial charge in [0.2, 0.25) is 0 Å². The zero-order chi connectivity index (χ0) is 15.6. The molecular weight excluding hydrogens is 284 g/mol. The van der Waals surface area contributed by atoms with Crippen molar-refractivity contribution in [2.75, 3.05) is 13.6 Å². The summed E-state index contributed by atoms with van der Waals surface area (Å²) in [6.45, 7) is 6.83. The number of carbonyl (C=O) groups is 1. The third kappa shape index (κ3) is 3.43. The Morgan fingerprint density at radius 1 is 1.38 bits per heavy atom. The maximum atomic E-state index is 12.8. The van der Waals surface area contributed by atoms with E-state index in [2.05, 4.69) is 30.4 Å². The van der Waals surface area contributed by atoms with E-state index in [1.165, 1.54) is 24.4 Å². The van der Waals surface area contributed by atoms with Gasteiger partial charge in [-0.05, 0) is 36.8 Å². The van der Waals surface area contributed by atoms with Crippen LogP contribution in [0, 0.1) is 5.92 Å². The van der Waals surface area contributed by atoms with E-state index < -0.39 is 0 Å². The molecule has 2 N–H and O–H groups in total. The van der Waals surface area contributed by atoms with Gasteiger partial charge < -0.3 is 10.6 Å². The summed E-state index contributed by atoms with van der Waals surface area (Å²) in [5, 5.41) is 4.17. The zero-order valence-electron chi connectivity index (χ0n) is 13.4. The van der Waals surface area contributed by atoms with Crippen LogP contribution in [0.25, 0.3) is 0 Å². The van der Waals surface area contributed by atoms with Crippen molar-refractivity contribution in [2.45, 2.75) is 57.9 Å². The van der Waals surface area contributed by atoms with E-state index in [9.17, 15) is 4.79 Å². The monoisotopic (exact) mass is 310 g/mol. The van der Waals surface area contributed by atoms with Gasteiger partial charge in [0.15, 0.2) is 0 Å². The minimum Gasteiger partial charge on any atom is -0.338 e. The topological polar surface area (TPSA) is 72.1 Å². The summed E-state index contributed by atoms with van der Waals surface area (Å²) >= 11 is 1.20. The number of rotatable bonds is 3. The van der Waals surface area contributed by atoms with Crippen LogP contribution in [0.4, 0.5) is 0 Å². The molecule has 1 aliphatic carbocycles. The molecule has 0 aromatic carbocycles. The van der Waals surface area contributed by atoms with E-state index in [-0.39, 0.29) is 17.4 Å². The SMILES string of the molecule is CN(C(=O)c1snnc1C(C)(C)C)C1CCCCC1CN.